The zero-order valence-corrected chi connectivity index (χ0v) is 13.6. The molecule has 23 heavy (non-hydrogen) atoms. The number of hydrogen-bond acceptors (Lipinski definition) is 4. The molecule has 124 valence electrons. The standard InChI is InChI=1S/C16H20N2O4S/c1-16(20,14-8-5-10-22-14)12-18-15(19)17-9-11-23(21)13-6-3-2-4-7-13/h2-8,10,20H,9,11-12H2,1H3,(H2,17,18,19)/t16-,23-/m1/s1. The predicted octanol–water partition coefficient (Wildman–Crippen LogP) is 1.59. The van der Waals surface area contributed by atoms with Crippen molar-refractivity contribution in [2.75, 3.05) is 18.8 Å². The van der Waals surface area contributed by atoms with Crippen molar-refractivity contribution in [1.82, 2.24) is 10.6 Å². The molecule has 2 atom stereocenters. The van der Waals surface area contributed by atoms with Gasteiger partial charge in [-0.2, -0.15) is 0 Å². The number of carbonyl (C=O) groups excluding carboxylic acids is 1. The van der Waals surface area contributed by atoms with Gasteiger partial charge in [0.2, 0.25) is 0 Å². The normalized spacial score (nSPS) is 14.7. The van der Waals surface area contributed by atoms with Crippen molar-refractivity contribution in [3.8, 4) is 0 Å². The monoisotopic (exact) mass is 336 g/mol. The Morgan fingerprint density at radius 3 is 2.61 bits per heavy atom. The lowest BCUT2D eigenvalue weighted by molar-refractivity contribution is 0.0368. The van der Waals surface area contributed by atoms with E-state index in [0.717, 1.165) is 4.90 Å². The van der Waals surface area contributed by atoms with Gasteiger partial charge in [0, 0.05) is 17.2 Å². The smallest absolute Gasteiger partial charge is 0.314 e. The third-order valence-electron chi connectivity index (χ3n) is 3.22. The molecule has 1 heterocycles. The van der Waals surface area contributed by atoms with Gasteiger partial charge in [-0.05, 0) is 31.2 Å². The van der Waals surface area contributed by atoms with E-state index < -0.39 is 22.4 Å². The maximum atomic E-state index is 12.0. The highest BCUT2D eigenvalue weighted by Gasteiger charge is 2.26. The number of urea groups is 1. The lowest BCUT2D eigenvalue weighted by Crippen LogP contribution is -2.44. The summed E-state index contributed by atoms with van der Waals surface area (Å²) < 4.78 is 17.1. The van der Waals surface area contributed by atoms with Gasteiger partial charge in [0.25, 0.3) is 0 Å². The molecule has 0 spiro atoms. The highest BCUT2D eigenvalue weighted by molar-refractivity contribution is 7.85. The topological polar surface area (TPSA) is 91.6 Å². The predicted molar refractivity (Wildman–Crippen MR) is 87.4 cm³/mol. The first-order valence-corrected chi connectivity index (χ1v) is 8.52. The first-order chi connectivity index (χ1) is 11.0. The van der Waals surface area contributed by atoms with Crippen molar-refractivity contribution in [3.63, 3.8) is 0 Å². The SMILES string of the molecule is C[C@@](O)(CNC(=O)NCC[S@@](=O)c1ccccc1)c1ccco1. The zero-order valence-electron chi connectivity index (χ0n) is 12.8. The molecule has 0 bridgehead atoms. The van der Waals surface area contributed by atoms with Crippen LogP contribution in [0.4, 0.5) is 4.79 Å². The van der Waals surface area contributed by atoms with Crippen molar-refractivity contribution in [2.24, 2.45) is 0 Å². The molecule has 0 radical (unpaired) electrons. The number of nitrogens with one attached hydrogen (secondary N) is 2. The van der Waals surface area contributed by atoms with Crippen molar-refractivity contribution < 1.29 is 18.5 Å². The second kappa shape index (κ2) is 7.94. The fourth-order valence-corrected chi connectivity index (χ4v) is 2.92. The summed E-state index contributed by atoms with van der Waals surface area (Å²) in [6.07, 6.45) is 1.46. The second-order valence-electron chi connectivity index (χ2n) is 5.22. The fraction of sp³-hybridized carbons (Fsp3) is 0.312. The number of rotatable bonds is 7. The molecule has 1 aromatic carbocycles. The molecule has 0 aliphatic rings. The van der Waals surface area contributed by atoms with Gasteiger partial charge in [-0.3, -0.25) is 4.21 Å². The lowest BCUT2D eigenvalue weighted by atomic mass is 10.0. The molecular weight excluding hydrogens is 316 g/mol. The van der Waals surface area contributed by atoms with E-state index in [2.05, 4.69) is 10.6 Å². The van der Waals surface area contributed by atoms with Gasteiger partial charge in [-0.25, -0.2) is 4.79 Å². The van der Waals surface area contributed by atoms with Crippen LogP contribution >= 0.6 is 0 Å². The van der Waals surface area contributed by atoms with E-state index >= 15 is 0 Å². The van der Waals surface area contributed by atoms with Crippen LogP contribution in [0, 0.1) is 0 Å². The summed E-state index contributed by atoms with van der Waals surface area (Å²) in [5, 5.41) is 15.4. The van der Waals surface area contributed by atoms with Crippen LogP contribution in [0.5, 0.6) is 0 Å². The Kier molecular flexibility index (Phi) is 5.95. The van der Waals surface area contributed by atoms with E-state index in [1.54, 1.807) is 31.2 Å². The molecule has 2 aromatic rings. The van der Waals surface area contributed by atoms with E-state index in [4.69, 9.17) is 4.42 Å². The minimum atomic E-state index is -1.28. The van der Waals surface area contributed by atoms with Gasteiger partial charge in [0.05, 0.1) is 23.6 Å². The van der Waals surface area contributed by atoms with Crippen molar-refractivity contribution in [1.29, 1.82) is 0 Å². The quantitative estimate of drug-likeness (QED) is 0.716. The van der Waals surface area contributed by atoms with Gasteiger partial charge in [0.15, 0.2) is 0 Å². The molecule has 0 unspecified atom stereocenters. The Morgan fingerprint density at radius 2 is 1.96 bits per heavy atom. The molecule has 0 fully saturated rings. The molecule has 2 amide bonds. The van der Waals surface area contributed by atoms with Crippen LogP contribution in [0.1, 0.15) is 12.7 Å². The fourth-order valence-electron chi connectivity index (χ4n) is 1.93. The van der Waals surface area contributed by atoms with Gasteiger partial charge >= 0.3 is 6.03 Å². The van der Waals surface area contributed by atoms with Crippen molar-refractivity contribution in [2.45, 2.75) is 17.4 Å². The summed E-state index contributed by atoms with van der Waals surface area (Å²) in [4.78, 5) is 12.4. The number of benzene rings is 1. The van der Waals surface area contributed by atoms with Gasteiger partial charge in [-0.15, -0.1) is 0 Å². The summed E-state index contributed by atoms with van der Waals surface area (Å²) in [5.41, 5.74) is -1.28. The Labute approximate surface area is 137 Å². The Bertz CT molecular complexity index is 641. The van der Waals surface area contributed by atoms with Crippen LogP contribution in [0.15, 0.2) is 58.0 Å². The summed E-state index contributed by atoms with van der Waals surface area (Å²) in [6, 6.07) is 12.0. The molecule has 0 saturated carbocycles. The average Bonchev–Trinajstić information content (AvgIpc) is 3.09. The molecular formula is C16H20N2O4S. The summed E-state index contributed by atoms with van der Waals surface area (Å²) in [5.74, 6) is 0.703. The number of furan rings is 1. The van der Waals surface area contributed by atoms with Crippen LogP contribution < -0.4 is 10.6 Å². The average molecular weight is 336 g/mol. The molecule has 3 N–H and O–H groups in total. The summed E-state index contributed by atoms with van der Waals surface area (Å²) >= 11 is 0. The van der Waals surface area contributed by atoms with E-state index in [-0.39, 0.29) is 13.1 Å². The number of aliphatic hydroxyl groups is 1. The van der Waals surface area contributed by atoms with E-state index in [9.17, 15) is 14.1 Å². The highest BCUT2D eigenvalue weighted by atomic mass is 32.2. The number of amides is 2. The number of hydrogen-bond donors (Lipinski definition) is 3. The maximum Gasteiger partial charge on any atom is 0.314 e. The second-order valence-corrected chi connectivity index (χ2v) is 6.79. The molecule has 1 aromatic heterocycles. The zero-order chi connectivity index (χ0) is 16.7. The molecule has 0 saturated heterocycles. The molecule has 0 aliphatic heterocycles. The van der Waals surface area contributed by atoms with Crippen LogP contribution in [-0.4, -0.2) is 34.2 Å². The lowest BCUT2D eigenvalue weighted by Gasteiger charge is -2.21. The Hall–Kier alpha value is -2.12. The molecule has 2 rings (SSSR count). The van der Waals surface area contributed by atoms with Crippen LogP contribution in [0.2, 0.25) is 0 Å². The Morgan fingerprint density at radius 1 is 1.22 bits per heavy atom. The van der Waals surface area contributed by atoms with Crippen LogP contribution in [0.3, 0.4) is 0 Å². The minimum absolute atomic E-state index is 0.00806. The molecule has 0 aliphatic carbocycles. The van der Waals surface area contributed by atoms with E-state index in [1.165, 1.54) is 6.26 Å². The first kappa shape index (κ1) is 17.2. The Balaban J connectivity index is 1.70. The number of carbonyl (C=O) groups is 1. The van der Waals surface area contributed by atoms with E-state index in [1.807, 2.05) is 18.2 Å². The highest BCUT2D eigenvalue weighted by Crippen LogP contribution is 2.19. The third-order valence-corrected chi connectivity index (χ3v) is 4.60. The maximum absolute atomic E-state index is 12.0. The first-order valence-electron chi connectivity index (χ1n) is 7.20. The van der Waals surface area contributed by atoms with Crippen LogP contribution in [0.25, 0.3) is 0 Å². The molecule has 6 nitrogen and oxygen atoms in total. The summed E-state index contributed by atoms with van der Waals surface area (Å²) in [7, 11) is -1.15. The van der Waals surface area contributed by atoms with Crippen LogP contribution in [-0.2, 0) is 16.4 Å². The largest absolute Gasteiger partial charge is 0.466 e. The van der Waals surface area contributed by atoms with Gasteiger partial charge in [0.1, 0.15) is 11.4 Å². The van der Waals surface area contributed by atoms with Crippen molar-refractivity contribution in [3.05, 3.63) is 54.5 Å². The van der Waals surface area contributed by atoms with Gasteiger partial charge < -0.3 is 20.2 Å². The minimum Gasteiger partial charge on any atom is -0.466 e. The van der Waals surface area contributed by atoms with E-state index in [0.29, 0.717) is 11.5 Å². The third kappa shape index (κ3) is 5.22. The molecule has 7 heteroatoms. The van der Waals surface area contributed by atoms with Gasteiger partial charge in [-0.1, -0.05) is 18.2 Å². The van der Waals surface area contributed by atoms with Crippen molar-refractivity contribution >= 4 is 16.8 Å². The summed E-state index contributed by atoms with van der Waals surface area (Å²) in [6.45, 7) is 1.83.